The summed E-state index contributed by atoms with van der Waals surface area (Å²) in [4.78, 5) is 0. The first-order valence-corrected chi connectivity index (χ1v) is 5.91. The van der Waals surface area contributed by atoms with Gasteiger partial charge >= 0.3 is 0 Å². The summed E-state index contributed by atoms with van der Waals surface area (Å²) in [5.74, 6) is 0.836. The van der Waals surface area contributed by atoms with E-state index in [1.165, 1.54) is 19.3 Å². The number of alkyl halides is 1. The van der Waals surface area contributed by atoms with Crippen LogP contribution in [0.25, 0.3) is 0 Å². The van der Waals surface area contributed by atoms with E-state index in [2.05, 4.69) is 34.6 Å². The lowest BCUT2D eigenvalue weighted by Gasteiger charge is -2.25. The van der Waals surface area contributed by atoms with Gasteiger partial charge in [-0.1, -0.05) is 53.9 Å². The standard InChI is InChI=1S/C12H25Cl/c1-10(2)8-6-7-9-11(13)12(3,4)5/h10-11H,6-9H2,1-5H3. The molecule has 0 radical (unpaired) electrons. The molecule has 0 N–H and O–H groups in total. The van der Waals surface area contributed by atoms with Gasteiger partial charge in [0, 0.05) is 5.38 Å². The minimum Gasteiger partial charge on any atom is -0.122 e. The fraction of sp³-hybridized carbons (Fsp3) is 1.00. The van der Waals surface area contributed by atoms with Gasteiger partial charge in [-0.3, -0.25) is 0 Å². The Balaban J connectivity index is 3.43. The van der Waals surface area contributed by atoms with E-state index < -0.39 is 0 Å². The van der Waals surface area contributed by atoms with Crippen LogP contribution in [0, 0.1) is 11.3 Å². The van der Waals surface area contributed by atoms with Crippen LogP contribution in [0.1, 0.15) is 60.3 Å². The minimum absolute atomic E-state index is 0.263. The molecule has 0 aromatic carbocycles. The van der Waals surface area contributed by atoms with Gasteiger partial charge in [0.15, 0.2) is 0 Å². The fourth-order valence-corrected chi connectivity index (χ4v) is 1.46. The molecule has 0 amide bonds. The summed E-state index contributed by atoms with van der Waals surface area (Å²) in [7, 11) is 0. The quantitative estimate of drug-likeness (QED) is 0.444. The molecule has 0 aliphatic rings. The van der Waals surface area contributed by atoms with E-state index in [-0.39, 0.29) is 5.41 Å². The van der Waals surface area contributed by atoms with Crippen LogP contribution >= 0.6 is 11.6 Å². The van der Waals surface area contributed by atoms with Crippen LogP contribution in [0.3, 0.4) is 0 Å². The van der Waals surface area contributed by atoms with Crippen molar-refractivity contribution in [2.75, 3.05) is 0 Å². The lowest BCUT2D eigenvalue weighted by molar-refractivity contribution is 0.362. The third kappa shape index (κ3) is 7.37. The Morgan fingerprint density at radius 2 is 1.46 bits per heavy atom. The van der Waals surface area contributed by atoms with Crippen LogP contribution in [-0.4, -0.2) is 5.38 Å². The molecule has 0 heterocycles. The Morgan fingerprint density at radius 3 is 1.85 bits per heavy atom. The molecule has 0 spiro atoms. The summed E-state index contributed by atoms with van der Waals surface area (Å²) in [5, 5.41) is 0.333. The van der Waals surface area contributed by atoms with Crippen molar-refractivity contribution in [3.8, 4) is 0 Å². The Labute approximate surface area is 89.1 Å². The van der Waals surface area contributed by atoms with Crippen LogP contribution < -0.4 is 0 Å². The third-order valence-electron chi connectivity index (χ3n) is 2.43. The van der Waals surface area contributed by atoms with Crippen molar-refractivity contribution in [3.63, 3.8) is 0 Å². The molecule has 0 bridgehead atoms. The number of hydrogen-bond donors (Lipinski definition) is 0. The first kappa shape index (κ1) is 13.3. The van der Waals surface area contributed by atoms with Crippen LogP contribution in [0.15, 0.2) is 0 Å². The molecular weight excluding hydrogens is 180 g/mol. The molecule has 0 saturated carbocycles. The van der Waals surface area contributed by atoms with Gasteiger partial charge in [0.1, 0.15) is 0 Å². The molecule has 0 aromatic heterocycles. The molecule has 0 aliphatic carbocycles. The zero-order chi connectivity index (χ0) is 10.5. The Morgan fingerprint density at radius 1 is 1.00 bits per heavy atom. The highest BCUT2D eigenvalue weighted by Crippen LogP contribution is 2.28. The topological polar surface area (TPSA) is 0 Å². The van der Waals surface area contributed by atoms with Crippen molar-refractivity contribution >= 4 is 11.6 Å². The maximum atomic E-state index is 6.27. The van der Waals surface area contributed by atoms with Gasteiger partial charge in [-0.15, -0.1) is 11.6 Å². The monoisotopic (exact) mass is 204 g/mol. The number of hydrogen-bond acceptors (Lipinski definition) is 0. The van der Waals surface area contributed by atoms with Crippen LogP contribution in [0.4, 0.5) is 0 Å². The Kier molecular flexibility index (Phi) is 6.04. The minimum atomic E-state index is 0.263. The summed E-state index contributed by atoms with van der Waals surface area (Å²) in [6, 6.07) is 0. The van der Waals surface area contributed by atoms with Crippen molar-refractivity contribution in [1.82, 2.24) is 0 Å². The number of halogens is 1. The average molecular weight is 205 g/mol. The molecule has 1 atom stereocenters. The SMILES string of the molecule is CC(C)CCCCC(Cl)C(C)(C)C. The van der Waals surface area contributed by atoms with Crippen LogP contribution in [-0.2, 0) is 0 Å². The lowest BCUT2D eigenvalue weighted by atomic mass is 9.88. The van der Waals surface area contributed by atoms with E-state index in [0.29, 0.717) is 5.38 Å². The maximum Gasteiger partial charge on any atom is 0.0384 e. The molecule has 0 fully saturated rings. The molecule has 13 heavy (non-hydrogen) atoms. The van der Waals surface area contributed by atoms with E-state index in [1.807, 2.05) is 0 Å². The number of unbranched alkanes of at least 4 members (excludes halogenated alkanes) is 1. The summed E-state index contributed by atoms with van der Waals surface area (Å²) >= 11 is 6.27. The highest BCUT2D eigenvalue weighted by Gasteiger charge is 2.21. The van der Waals surface area contributed by atoms with Gasteiger partial charge in [-0.25, -0.2) is 0 Å². The third-order valence-corrected chi connectivity index (χ3v) is 3.30. The second kappa shape index (κ2) is 5.90. The molecule has 0 saturated heterocycles. The number of rotatable bonds is 5. The molecular formula is C12H25Cl. The second-order valence-corrected chi connectivity index (χ2v) is 6.04. The molecule has 80 valence electrons. The van der Waals surface area contributed by atoms with Crippen molar-refractivity contribution in [2.24, 2.45) is 11.3 Å². The predicted molar refractivity (Wildman–Crippen MR) is 62.4 cm³/mol. The Hall–Kier alpha value is 0.290. The van der Waals surface area contributed by atoms with Crippen molar-refractivity contribution in [1.29, 1.82) is 0 Å². The lowest BCUT2D eigenvalue weighted by Crippen LogP contribution is -2.20. The molecule has 0 rings (SSSR count). The van der Waals surface area contributed by atoms with Gasteiger partial charge in [0.2, 0.25) is 0 Å². The van der Waals surface area contributed by atoms with Crippen LogP contribution in [0.5, 0.6) is 0 Å². The predicted octanol–water partition coefficient (Wildman–Crippen LogP) is 4.86. The largest absolute Gasteiger partial charge is 0.122 e. The maximum absolute atomic E-state index is 6.27. The molecule has 0 aliphatic heterocycles. The van der Waals surface area contributed by atoms with E-state index in [0.717, 1.165) is 12.3 Å². The molecule has 0 nitrogen and oxygen atoms in total. The zero-order valence-corrected chi connectivity index (χ0v) is 10.6. The van der Waals surface area contributed by atoms with E-state index in [4.69, 9.17) is 11.6 Å². The first-order chi connectivity index (χ1) is 5.84. The van der Waals surface area contributed by atoms with Crippen molar-refractivity contribution in [3.05, 3.63) is 0 Å². The molecule has 1 unspecified atom stereocenters. The smallest absolute Gasteiger partial charge is 0.0384 e. The summed E-state index contributed by atoms with van der Waals surface area (Å²) in [5.41, 5.74) is 0.263. The molecule has 0 aromatic rings. The summed E-state index contributed by atoms with van der Waals surface area (Å²) in [6.07, 6.45) is 5.12. The summed E-state index contributed by atoms with van der Waals surface area (Å²) in [6.45, 7) is 11.2. The van der Waals surface area contributed by atoms with Crippen molar-refractivity contribution < 1.29 is 0 Å². The van der Waals surface area contributed by atoms with E-state index in [1.54, 1.807) is 0 Å². The van der Waals surface area contributed by atoms with Gasteiger partial charge in [-0.05, 0) is 17.8 Å². The van der Waals surface area contributed by atoms with Crippen molar-refractivity contribution in [2.45, 2.75) is 65.7 Å². The fourth-order valence-electron chi connectivity index (χ4n) is 1.31. The first-order valence-electron chi connectivity index (χ1n) is 5.48. The highest BCUT2D eigenvalue weighted by atomic mass is 35.5. The summed E-state index contributed by atoms with van der Waals surface area (Å²) < 4.78 is 0. The zero-order valence-electron chi connectivity index (χ0n) is 9.86. The van der Waals surface area contributed by atoms with E-state index in [9.17, 15) is 0 Å². The van der Waals surface area contributed by atoms with Gasteiger partial charge < -0.3 is 0 Å². The van der Waals surface area contributed by atoms with Crippen LogP contribution in [0.2, 0.25) is 0 Å². The van der Waals surface area contributed by atoms with Gasteiger partial charge in [-0.2, -0.15) is 0 Å². The Bertz CT molecular complexity index is 122. The second-order valence-electron chi connectivity index (χ2n) is 5.51. The normalized spacial score (nSPS) is 15.0. The van der Waals surface area contributed by atoms with Gasteiger partial charge in [0.25, 0.3) is 0 Å². The van der Waals surface area contributed by atoms with E-state index >= 15 is 0 Å². The molecule has 1 heteroatoms. The highest BCUT2D eigenvalue weighted by molar-refractivity contribution is 6.21. The average Bonchev–Trinajstić information content (AvgIpc) is 1.95. The van der Waals surface area contributed by atoms with Gasteiger partial charge in [0.05, 0.1) is 0 Å².